The van der Waals surface area contributed by atoms with Crippen LogP contribution in [0.1, 0.15) is 30.5 Å². The molecular weight excluding hydrogens is 391 g/mol. The monoisotopic (exact) mass is 413 g/mol. The van der Waals surface area contributed by atoms with Gasteiger partial charge in [0.05, 0.1) is 12.3 Å². The van der Waals surface area contributed by atoms with Crippen molar-refractivity contribution < 1.29 is 21.6 Å². The number of rotatable bonds is 5. The predicted molar refractivity (Wildman–Crippen MR) is 94.5 cm³/mol. The summed E-state index contributed by atoms with van der Waals surface area (Å²) in [6, 6.07) is 0.0477. The van der Waals surface area contributed by atoms with Crippen LogP contribution < -0.4 is 10.6 Å². The molecule has 0 bridgehead atoms. The number of sulfonamides is 1. The Kier molecular flexibility index (Phi) is 6.86. The fourth-order valence-corrected chi connectivity index (χ4v) is 4.40. The number of alkyl halides is 3. The van der Waals surface area contributed by atoms with Crippen molar-refractivity contribution in [3.05, 3.63) is 16.1 Å². The number of thiazole rings is 1. The van der Waals surface area contributed by atoms with E-state index in [1.54, 1.807) is 14.0 Å². The summed E-state index contributed by atoms with van der Waals surface area (Å²) in [5.74, 6) is 0.535. The summed E-state index contributed by atoms with van der Waals surface area (Å²) in [7, 11) is -1.61. The SMILES string of the molecule is CCS(=O)(=O)N1CCC(NC(=NC)NCc2nc(C(F)(F)F)cs2)CC1. The largest absolute Gasteiger partial charge is 0.434 e. The summed E-state index contributed by atoms with van der Waals surface area (Å²) < 4.78 is 62.9. The molecule has 148 valence electrons. The molecule has 1 aromatic rings. The summed E-state index contributed by atoms with van der Waals surface area (Å²) in [6.07, 6.45) is -3.17. The van der Waals surface area contributed by atoms with Crippen molar-refractivity contribution in [1.82, 2.24) is 19.9 Å². The molecule has 2 N–H and O–H groups in total. The quantitative estimate of drug-likeness (QED) is 0.566. The molecule has 2 heterocycles. The van der Waals surface area contributed by atoms with E-state index in [4.69, 9.17) is 0 Å². The zero-order valence-electron chi connectivity index (χ0n) is 14.5. The fourth-order valence-electron chi connectivity index (χ4n) is 2.53. The van der Waals surface area contributed by atoms with Crippen LogP contribution in [0.25, 0.3) is 0 Å². The fraction of sp³-hybridized carbons (Fsp3) is 0.714. The lowest BCUT2D eigenvalue weighted by atomic mass is 10.1. The molecule has 2 rings (SSSR count). The lowest BCUT2D eigenvalue weighted by molar-refractivity contribution is -0.140. The summed E-state index contributed by atoms with van der Waals surface area (Å²) in [5, 5.41) is 7.41. The highest BCUT2D eigenvalue weighted by atomic mass is 32.2. The van der Waals surface area contributed by atoms with E-state index in [2.05, 4.69) is 20.6 Å². The van der Waals surface area contributed by atoms with Crippen LogP contribution in [-0.2, 0) is 22.7 Å². The molecule has 7 nitrogen and oxygen atoms in total. The second kappa shape index (κ2) is 8.53. The molecule has 0 aliphatic carbocycles. The predicted octanol–water partition coefficient (Wildman–Crippen LogP) is 1.64. The third-order valence-electron chi connectivity index (χ3n) is 4.03. The highest BCUT2D eigenvalue weighted by molar-refractivity contribution is 7.89. The number of nitrogens with one attached hydrogen (secondary N) is 2. The van der Waals surface area contributed by atoms with Crippen molar-refractivity contribution >= 4 is 27.3 Å². The molecule has 1 fully saturated rings. The van der Waals surface area contributed by atoms with Gasteiger partial charge in [-0.1, -0.05) is 0 Å². The molecule has 1 aliphatic rings. The molecule has 0 aromatic carbocycles. The maximum absolute atomic E-state index is 12.6. The van der Waals surface area contributed by atoms with Crippen molar-refractivity contribution in [2.24, 2.45) is 4.99 Å². The van der Waals surface area contributed by atoms with Gasteiger partial charge < -0.3 is 10.6 Å². The molecule has 1 aromatic heterocycles. The van der Waals surface area contributed by atoms with Crippen molar-refractivity contribution in [3.8, 4) is 0 Å². The number of halogens is 3. The minimum atomic E-state index is -4.44. The van der Waals surface area contributed by atoms with E-state index in [-0.39, 0.29) is 18.3 Å². The van der Waals surface area contributed by atoms with Gasteiger partial charge in [0.25, 0.3) is 0 Å². The molecule has 1 aliphatic heterocycles. The van der Waals surface area contributed by atoms with Gasteiger partial charge in [0.2, 0.25) is 10.0 Å². The van der Waals surface area contributed by atoms with Crippen LogP contribution >= 0.6 is 11.3 Å². The highest BCUT2D eigenvalue weighted by Gasteiger charge is 2.33. The molecule has 12 heteroatoms. The number of piperidine rings is 1. The Balaban J connectivity index is 1.83. The average Bonchev–Trinajstić information content (AvgIpc) is 3.08. The maximum atomic E-state index is 12.6. The Labute approximate surface area is 154 Å². The smallest absolute Gasteiger partial charge is 0.354 e. The van der Waals surface area contributed by atoms with Gasteiger partial charge in [-0.2, -0.15) is 13.2 Å². The van der Waals surface area contributed by atoms with Gasteiger partial charge in [-0.15, -0.1) is 11.3 Å². The Bertz CT molecular complexity index is 725. The van der Waals surface area contributed by atoms with Gasteiger partial charge in [-0.3, -0.25) is 4.99 Å². The van der Waals surface area contributed by atoms with E-state index < -0.39 is 21.9 Å². The van der Waals surface area contributed by atoms with Gasteiger partial charge >= 0.3 is 6.18 Å². The lowest BCUT2D eigenvalue weighted by Crippen LogP contribution is -2.49. The second-order valence-electron chi connectivity index (χ2n) is 5.77. The van der Waals surface area contributed by atoms with Crippen LogP contribution in [0, 0.1) is 0 Å². The molecule has 26 heavy (non-hydrogen) atoms. The van der Waals surface area contributed by atoms with Gasteiger partial charge in [0, 0.05) is 31.6 Å². The first-order chi connectivity index (χ1) is 12.2. The van der Waals surface area contributed by atoms with Gasteiger partial charge in [-0.25, -0.2) is 17.7 Å². The van der Waals surface area contributed by atoms with E-state index in [1.807, 2.05) is 0 Å². The van der Waals surface area contributed by atoms with Crippen molar-refractivity contribution in [1.29, 1.82) is 0 Å². The van der Waals surface area contributed by atoms with Crippen LogP contribution in [0.5, 0.6) is 0 Å². The Morgan fingerprint density at radius 3 is 2.58 bits per heavy atom. The van der Waals surface area contributed by atoms with Crippen molar-refractivity contribution in [3.63, 3.8) is 0 Å². The molecular formula is C14H22F3N5O2S2. The summed E-state index contributed by atoms with van der Waals surface area (Å²) >= 11 is 0.931. The van der Waals surface area contributed by atoms with Gasteiger partial charge in [0.1, 0.15) is 5.01 Å². The van der Waals surface area contributed by atoms with Crippen LogP contribution in [0.4, 0.5) is 13.2 Å². The lowest BCUT2D eigenvalue weighted by Gasteiger charge is -2.32. The normalized spacial score (nSPS) is 18.1. The van der Waals surface area contributed by atoms with Crippen LogP contribution in [0.3, 0.4) is 0 Å². The first-order valence-electron chi connectivity index (χ1n) is 8.12. The zero-order chi connectivity index (χ0) is 19.4. The summed E-state index contributed by atoms with van der Waals surface area (Å²) in [5.41, 5.74) is -0.897. The number of aliphatic imine (C=N–C) groups is 1. The van der Waals surface area contributed by atoms with Crippen LogP contribution in [0.2, 0.25) is 0 Å². The summed E-state index contributed by atoms with van der Waals surface area (Å²) in [6.45, 7) is 2.62. The van der Waals surface area contributed by atoms with Crippen LogP contribution in [-0.4, -0.2) is 55.6 Å². The first kappa shape index (κ1) is 20.9. The molecule has 0 atom stereocenters. The van der Waals surface area contributed by atoms with E-state index >= 15 is 0 Å². The molecule has 0 spiro atoms. The van der Waals surface area contributed by atoms with E-state index in [9.17, 15) is 21.6 Å². The molecule has 0 unspecified atom stereocenters. The molecule has 0 amide bonds. The molecule has 0 saturated carbocycles. The number of aromatic nitrogens is 1. The Morgan fingerprint density at radius 1 is 1.42 bits per heavy atom. The average molecular weight is 413 g/mol. The Morgan fingerprint density at radius 2 is 2.08 bits per heavy atom. The van der Waals surface area contributed by atoms with E-state index in [0.29, 0.717) is 36.9 Å². The third-order valence-corrected chi connectivity index (χ3v) is 6.76. The first-order valence-corrected chi connectivity index (χ1v) is 10.6. The number of nitrogens with zero attached hydrogens (tertiary/aromatic N) is 3. The standard InChI is InChI=1S/C14H22F3N5O2S2/c1-3-26(23,24)22-6-4-10(5-7-22)20-13(18-2)19-8-12-21-11(9-25-12)14(15,16)17/h9-10H,3-8H2,1-2H3,(H2,18,19,20). The van der Waals surface area contributed by atoms with Crippen LogP contribution in [0.15, 0.2) is 10.4 Å². The van der Waals surface area contributed by atoms with E-state index in [0.717, 1.165) is 16.7 Å². The van der Waals surface area contributed by atoms with E-state index in [1.165, 1.54) is 4.31 Å². The number of hydrogen-bond acceptors (Lipinski definition) is 5. The molecule has 1 saturated heterocycles. The second-order valence-corrected chi connectivity index (χ2v) is 8.97. The van der Waals surface area contributed by atoms with Crippen molar-refractivity contribution in [2.75, 3.05) is 25.9 Å². The maximum Gasteiger partial charge on any atom is 0.434 e. The number of hydrogen-bond donors (Lipinski definition) is 2. The topological polar surface area (TPSA) is 86.7 Å². The zero-order valence-corrected chi connectivity index (χ0v) is 16.1. The number of guanidine groups is 1. The van der Waals surface area contributed by atoms with Crippen molar-refractivity contribution in [2.45, 2.75) is 38.5 Å². The van der Waals surface area contributed by atoms with Gasteiger partial charge in [0.15, 0.2) is 11.7 Å². The minimum Gasteiger partial charge on any atom is -0.354 e. The Hall–Kier alpha value is -1.40. The minimum absolute atomic E-state index is 0.0477. The molecule has 0 radical (unpaired) electrons. The third kappa shape index (κ3) is 5.55. The summed E-state index contributed by atoms with van der Waals surface area (Å²) in [4.78, 5) is 7.61. The highest BCUT2D eigenvalue weighted by Crippen LogP contribution is 2.29. The van der Waals surface area contributed by atoms with Gasteiger partial charge in [-0.05, 0) is 19.8 Å².